The molecule has 1 aromatic carbocycles. The summed E-state index contributed by atoms with van der Waals surface area (Å²) in [6, 6.07) is 9.99. The molecule has 1 unspecified atom stereocenters. The minimum absolute atomic E-state index is 0.0827. The fourth-order valence-electron chi connectivity index (χ4n) is 3.20. The molecule has 1 spiro atoms. The molecule has 4 nitrogen and oxygen atoms in total. The van der Waals surface area contributed by atoms with Gasteiger partial charge in [0.05, 0.1) is 12.1 Å². The standard InChI is InChI=1S/C15H20N2O2/c18-14-11-19-12-15(7-4-9-16-10-8-15)17(14)13-5-2-1-3-6-13/h1-3,5-6,16H,4,7-12H2. The minimum atomic E-state index is -0.166. The molecule has 1 aromatic rings. The maximum Gasteiger partial charge on any atom is 0.253 e. The van der Waals surface area contributed by atoms with E-state index in [1.54, 1.807) is 0 Å². The summed E-state index contributed by atoms with van der Waals surface area (Å²) in [7, 11) is 0. The van der Waals surface area contributed by atoms with Crippen LogP contribution in [-0.4, -0.2) is 37.7 Å². The van der Waals surface area contributed by atoms with Crippen molar-refractivity contribution in [1.82, 2.24) is 5.32 Å². The highest BCUT2D eigenvalue weighted by molar-refractivity contribution is 5.96. The van der Waals surface area contributed by atoms with Crippen LogP contribution in [-0.2, 0) is 9.53 Å². The van der Waals surface area contributed by atoms with Crippen molar-refractivity contribution in [2.75, 3.05) is 31.2 Å². The molecular weight excluding hydrogens is 240 g/mol. The van der Waals surface area contributed by atoms with Gasteiger partial charge in [-0.2, -0.15) is 0 Å². The number of anilines is 1. The molecule has 2 aliphatic heterocycles. The summed E-state index contributed by atoms with van der Waals surface area (Å²) in [5.74, 6) is 0.0827. The van der Waals surface area contributed by atoms with Crippen molar-refractivity contribution >= 4 is 11.6 Å². The fourth-order valence-corrected chi connectivity index (χ4v) is 3.20. The molecule has 1 N–H and O–H groups in total. The summed E-state index contributed by atoms with van der Waals surface area (Å²) in [5.41, 5.74) is 0.831. The summed E-state index contributed by atoms with van der Waals surface area (Å²) in [4.78, 5) is 14.4. The molecule has 0 saturated carbocycles. The second kappa shape index (κ2) is 5.31. The number of rotatable bonds is 1. The van der Waals surface area contributed by atoms with Crippen LogP contribution in [0.5, 0.6) is 0 Å². The number of hydrogen-bond acceptors (Lipinski definition) is 3. The zero-order valence-corrected chi connectivity index (χ0v) is 11.1. The molecule has 1 atom stereocenters. The molecule has 19 heavy (non-hydrogen) atoms. The summed E-state index contributed by atoms with van der Waals surface area (Å²) in [6.07, 6.45) is 3.04. The van der Waals surface area contributed by atoms with E-state index in [0.717, 1.165) is 38.0 Å². The molecule has 2 saturated heterocycles. The molecule has 4 heteroatoms. The lowest BCUT2D eigenvalue weighted by Gasteiger charge is -2.46. The second-order valence-corrected chi connectivity index (χ2v) is 5.39. The van der Waals surface area contributed by atoms with Gasteiger partial charge in [-0.15, -0.1) is 0 Å². The largest absolute Gasteiger partial charge is 0.369 e. The Hall–Kier alpha value is -1.39. The van der Waals surface area contributed by atoms with Crippen LogP contribution < -0.4 is 10.2 Å². The van der Waals surface area contributed by atoms with Crippen LogP contribution in [0.3, 0.4) is 0 Å². The SMILES string of the molecule is O=C1COCC2(CCCNCC2)N1c1ccccc1. The van der Waals surface area contributed by atoms with Gasteiger partial charge in [-0.05, 0) is 44.5 Å². The summed E-state index contributed by atoms with van der Waals surface area (Å²) in [5, 5.41) is 3.41. The molecule has 1 amide bonds. The van der Waals surface area contributed by atoms with Gasteiger partial charge in [0.1, 0.15) is 6.61 Å². The topological polar surface area (TPSA) is 41.6 Å². The molecule has 2 fully saturated rings. The van der Waals surface area contributed by atoms with E-state index >= 15 is 0 Å². The highest BCUT2D eigenvalue weighted by Gasteiger charge is 2.43. The first kappa shape index (κ1) is 12.6. The van der Waals surface area contributed by atoms with Gasteiger partial charge in [0.2, 0.25) is 0 Å². The van der Waals surface area contributed by atoms with Gasteiger partial charge >= 0.3 is 0 Å². The summed E-state index contributed by atoms with van der Waals surface area (Å²) in [6.45, 7) is 2.82. The van der Waals surface area contributed by atoms with Crippen molar-refractivity contribution in [3.8, 4) is 0 Å². The predicted octanol–water partition coefficient (Wildman–Crippen LogP) is 1.56. The van der Waals surface area contributed by atoms with Crippen LogP contribution in [0.4, 0.5) is 5.69 Å². The molecule has 3 rings (SSSR count). The number of hydrogen-bond donors (Lipinski definition) is 1. The van der Waals surface area contributed by atoms with Crippen molar-refractivity contribution in [2.24, 2.45) is 0 Å². The number of carbonyl (C=O) groups is 1. The van der Waals surface area contributed by atoms with Crippen LogP contribution in [0.25, 0.3) is 0 Å². The van der Waals surface area contributed by atoms with E-state index in [2.05, 4.69) is 5.32 Å². The zero-order valence-electron chi connectivity index (χ0n) is 11.1. The number of nitrogens with one attached hydrogen (secondary N) is 1. The minimum Gasteiger partial charge on any atom is -0.369 e. The highest BCUT2D eigenvalue weighted by Crippen LogP contribution is 2.34. The van der Waals surface area contributed by atoms with E-state index in [9.17, 15) is 4.79 Å². The number of para-hydroxylation sites is 1. The van der Waals surface area contributed by atoms with Gasteiger partial charge in [0.25, 0.3) is 5.91 Å². The average Bonchev–Trinajstić information content (AvgIpc) is 2.66. The number of carbonyl (C=O) groups excluding carboxylic acids is 1. The lowest BCUT2D eigenvalue weighted by molar-refractivity contribution is -0.130. The lowest BCUT2D eigenvalue weighted by atomic mass is 9.87. The molecule has 2 aliphatic rings. The van der Waals surface area contributed by atoms with E-state index in [1.807, 2.05) is 35.2 Å². The zero-order chi connectivity index (χ0) is 13.1. The molecule has 0 bridgehead atoms. The average molecular weight is 260 g/mol. The number of benzene rings is 1. The van der Waals surface area contributed by atoms with E-state index in [1.165, 1.54) is 0 Å². The summed E-state index contributed by atoms with van der Waals surface area (Å²) >= 11 is 0. The quantitative estimate of drug-likeness (QED) is 0.833. The van der Waals surface area contributed by atoms with Gasteiger partial charge in [0.15, 0.2) is 0 Å². The molecule has 2 heterocycles. The Morgan fingerprint density at radius 1 is 1.16 bits per heavy atom. The van der Waals surface area contributed by atoms with Crippen molar-refractivity contribution in [2.45, 2.75) is 24.8 Å². The van der Waals surface area contributed by atoms with Gasteiger partial charge in [-0.3, -0.25) is 4.79 Å². The van der Waals surface area contributed by atoms with Gasteiger partial charge in [-0.25, -0.2) is 0 Å². The smallest absolute Gasteiger partial charge is 0.253 e. The van der Waals surface area contributed by atoms with Crippen molar-refractivity contribution in [1.29, 1.82) is 0 Å². The molecular formula is C15H20N2O2. The number of amides is 1. The Morgan fingerprint density at radius 3 is 2.84 bits per heavy atom. The van der Waals surface area contributed by atoms with Crippen LogP contribution in [0, 0.1) is 0 Å². The van der Waals surface area contributed by atoms with Gasteiger partial charge < -0.3 is 15.0 Å². The maximum atomic E-state index is 12.4. The molecule has 0 radical (unpaired) electrons. The van der Waals surface area contributed by atoms with Crippen LogP contribution >= 0.6 is 0 Å². The third-order valence-corrected chi connectivity index (χ3v) is 4.10. The highest BCUT2D eigenvalue weighted by atomic mass is 16.5. The van der Waals surface area contributed by atoms with E-state index in [-0.39, 0.29) is 18.1 Å². The first-order valence-corrected chi connectivity index (χ1v) is 6.98. The van der Waals surface area contributed by atoms with Crippen molar-refractivity contribution in [3.05, 3.63) is 30.3 Å². The van der Waals surface area contributed by atoms with Crippen LogP contribution in [0.1, 0.15) is 19.3 Å². The summed E-state index contributed by atoms with van der Waals surface area (Å²) < 4.78 is 5.56. The van der Waals surface area contributed by atoms with Crippen LogP contribution in [0.15, 0.2) is 30.3 Å². The third kappa shape index (κ3) is 2.38. The van der Waals surface area contributed by atoms with E-state index in [0.29, 0.717) is 6.61 Å². The Bertz CT molecular complexity index is 439. The van der Waals surface area contributed by atoms with Crippen molar-refractivity contribution in [3.63, 3.8) is 0 Å². The first-order valence-electron chi connectivity index (χ1n) is 6.98. The van der Waals surface area contributed by atoms with Crippen LogP contribution in [0.2, 0.25) is 0 Å². The predicted molar refractivity (Wildman–Crippen MR) is 74.2 cm³/mol. The Labute approximate surface area is 113 Å². The van der Waals surface area contributed by atoms with E-state index in [4.69, 9.17) is 4.74 Å². The normalized spacial score (nSPS) is 28.4. The Kier molecular flexibility index (Phi) is 3.53. The fraction of sp³-hybridized carbons (Fsp3) is 0.533. The Balaban J connectivity index is 1.97. The molecule has 0 aliphatic carbocycles. The number of morpholine rings is 1. The van der Waals surface area contributed by atoms with Gasteiger partial charge in [0, 0.05) is 5.69 Å². The van der Waals surface area contributed by atoms with Crippen molar-refractivity contribution < 1.29 is 9.53 Å². The van der Waals surface area contributed by atoms with Gasteiger partial charge in [-0.1, -0.05) is 18.2 Å². The molecule has 102 valence electrons. The maximum absolute atomic E-state index is 12.4. The third-order valence-electron chi connectivity index (χ3n) is 4.10. The Morgan fingerprint density at radius 2 is 2.00 bits per heavy atom. The lowest BCUT2D eigenvalue weighted by Crippen LogP contribution is -2.60. The first-order chi connectivity index (χ1) is 9.32. The number of ether oxygens (including phenoxy) is 1. The van der Waals surface area contributed by atoms with E-state index < -0.39 is 0 Å². The number of nitrogens with zero attached hydrogens (tertiary/aromatic N) is 1. The molecule has 0 aromatic heterocycles. The second-order valence-electron chi connectivity index (χ2n) is 5.39. The monoisotopic (exact) mass is 260 g/mol.